The Hall–Kier alpha value is -4.56. The number of hydrogen-bond acceptors (Lipinski definition) is 8. The minimum absolute atomic E-state index is 0.0825. The van der Waals surface area contributed by atoms with Crippen molar-refractivity contribution in [1.29, 1.82) is 0 Å². The lowest BCUT2D eigenvalue weighted by Gasteiger charge is -2.43. The maximum absolute atomic E-state index is 14.0. The number of methoxy groups -OCH3 is 1. The van der Waals surface area contributed by atoms with Crippen LogP contribution in [0.2, 0.25) is 0 Å². The fourth-order valence-corrected chi connectivity index (χ4v) is 11.2. The van der Waals surface area contributed by atoms with Gasteiger partial charge in [-0.1, -0.05) is 35.6 Å². The van der Waals surface area contributed by atoms with Crippen LogP contribution in [0.15, 0.2) is 82.6 Å². The van der Waals surface area contributed by atoms with Gasteiger partial charge in [-0.15, -0.1) is 11.8 Å². The zero-order valence-corrected chi connectivity index (χ0v) is 27.4. The summed E-state index contributed by atoms with van der Waals surface area (Å²) in [4.78, 5) is 58.0. The Kier molecular flexibility index (Phi) is 7.63. The van der Waals surface area contributed by atoms with E-state index >= 15 is 0 Å². The monoisotopic (exact) mass is 707 g/mol. The van der Waals surface area contributed by atoms with Crippen LogP contribution in [-0.4, -0.2) is 41.7 Å². The molecule has 4 aliphatic rings. The van der Waals surface area contributed by atoms with Crippen molar-refractivity contribution < 1.29 is 37.0 Å². The van der Waals surface area contributed by atoms with Crippen LogP contribution >= 0.6 is 23.1 Å². The van der Waals surface area contributed by atoms with Crippen LogP contribution in [0.4, 0.5) is 24.5 Å². The lowest BCUT2D eigenvalue weighted by atomic mass is 9.68. The Balaban J connectivity index is 1.10. The smallest absolute Gasteiger partial charge is 0.416 e. The topological polar surface area (TPSA) is 118 Å². The molecule has 2 N–H and O–H groups in total. The molecule has 2 saturated carbocycles. The van der Waals surface area contributed by atoms with E-state index in [0.29, 0.717) is 28.6 Å². The molecule has 49 heavy (non-hydrogen) atoms. The van der Waals surface area contributed by atoms with Crippen LogP contribution < -0.4 is 24.6 Å². The van der Waals surface area contributed by atoms with Crippen LogP contribution in [0.1, 0.15) is 28.3 Å². The number of amides is 3. The average molecular weight is 708 g/mol. The SMILES string of the molecule is COc1ccc(NC(=O)COc2ccccc2[C@H]2c3sc(=O)[nH]c3SC3C4CC(C5C(=O)N(c6cccc(C(F)(F)F)c6)C(=O)C45)C32)cc1. The molecule has 3 amide bonds. The van der Waals surface area contributed by atoms with E-state index in [4.69, 9.17) is 9.47 Å². The molecule has 8 rings (SSSR count). The van der Waals surface area contributed by atoms with Gasteiger partial charge in [-0.2, -0.15) is 13.2 Å². The Bertz CT molecular complexity index is 2050. The summed E-state index contributed by atoms with van der Waals surface area (Å²) >= 11 is 2.59. The number of aromatic amines is 1. The number of para-hydroxylation sites is 1. The molecule has 7 atom stereocenters. The van der Waals surface area contributed by atoms with Gasteiger partial charge in [0.2, 0.25) is 11.8 Å². The third-order valence-electron chi connectivity index (χ3n) is 10.1. The molecule has 1 saturated heterocycles. The molecule has 1 aromatic heterocycles. The van der Waals surface area contributed by atoms with Crippen LogP contribution in [0.5, 0.6) is 11.5 Å². The normalized spacial score (nSPS) is 26.7. The quantitative estimate of drug-likeness (QED) is 0.221. The van der Waals surface area contributed by atoms with Crippen molar-refractivity contribution in [2.75, 3.05) is 23.9 Å². The number of H-pyrrole nitrogens is 1. The number of anilines is 2. The minimum Gasteiger partial charge on any atom is -0.497 e. The lowest BCUT2D eigenvalue weighted by Crippen LogP contribution is -2.42. The summed E-state index contributed by atoms with van der Waals surface area (Å²) in [5.41, 5.74) is 0.309. The first-order chi connectivity index (χ1) is 23.5. The molecule has 4 aromatic rings. The van der Waals surface area contributed by atoms with Crippen LogP contribution in [0, 0.1) is 29.6 Å². The third-order valence-corrected chi connectivity index (χ3v) is 12.7. The van der Waals surface area contributed by atoms with E-state index in [1.165, 1.54) is 23.9 Å². The molecule has 3 aromatic carbocycles. The Morgan fingerprint density at radius 1 is 0.980 bits per heavy atom. The maximum Gasteiger partial charge on any atom is 0.416 e. The second kappa shape index (κ2) is 11.8. The zero-order chi connectivity index (χ0) is 34.2. The predicted octanol–water partition coefficient (Wildman–Crippen LogP) is 6.16. The number of ether oxygens (including phenoxy) is 2. The average Bonchev–Trinajstić information content (AvgIpc) is 3.82. The molecule has 0 spiro atoms. The standard InChI is InChI=1S/C35H28F3N3O6S2/c1-46-19-11-9-17(10-12-19)39-24(42)15-47-23-8-3-2-7-20(23)25-26-21-14-22(29(26)48-31-30(25)49-34(45)40-31)28-27(21)32(43)41(33(28)44)18-6-4-5-16(13-18)35(36,37)38/h2-13,21-22,25-29H,14-15H2,1H3,(H,39,42)(H,40,45)/t21?,22?,25-,26?,27?,28?,29?/m1/s1. The molecule has 0 radical (unpaired) electrons. The van der Waals surface area contributed by atoms with Crippen LogP contribution in [0.25, 0.3) is 0 Å². The van der Waals surface area contributed by atoms with Crippen molar-refractivity contribution >= 4 is 52.2 Å². The number of nitrogens with zero attached hydrogens (tertiary/aromatic N) is 1. The molecular weight excluding hydrogens is 680 g/mol. The van der Waals surface area contributed by atoms with Gasteiger partial charge in [0.1, 0.15) is 11.5 Å². The van der Waals surface area contributed by atoms with Gasteiger partial charge in [0, 0.05) is 27.3 Å². The number of imide groups is 1. The van der Waals surface area contributed by atoms with E-state index in [-0.39, 0.29) is 52.0 Å². The number of halogens is 3. The van der Waals surface area contributed by atoms with Gasteiger partial charge in [0.05, 0.1) is 35.2 Å². The highest BCUT2D eigenvalue weighted by molar-refractivity contribution is 8.00. The second-order valence-corrected chi connectivity index (χ2v) is 14.8. The summed E-state index contributed by atoms with van der Waals surface area (Å²) in [6, 6.07) is 18.5. The van der Waals surface area contributed by atoms with Gasteiger partial charge in [0.15, 0.2) is 6.61 Å². The van der Waals surface area contributed by atoms with Crippen molar-refractivity contribution in [2.45, 2.75) is 28.8 Å². The molecule has 2 bridgehead atoms. The highest BCUT2D eigenvalue weighted by atomic mass is 32.2. The van der Waals surface area contributed by atoms with E-state index in [2.05, 4.69) is 10.3 Å². The minimum atomic E-state index is -4.63. The number of fused-ring (bicyclic) bond motifs is 9. The number of hydrogen-bond donors (Lipinski definition) is 2. The molecule has 14 heteroatoms. The number of benzene rings is 3. The third kappa shape index (κ3) is 5.23. The summed E-state index contributed by atoms with van der Waals surface area (Å²) in [7, 11) is 1.55. The molecule has 252 valence electrons. The van der Waals surface area contributed by atoms with E-state index in [1.807, 2.05) is 12.1 Å². The number of nitrogens with one attached hydrogen (secondary N) is 2. The molecule has 3 fully saturated rings. The van der Waals surface area contributed by atoms with Crippen LogP contribution in [0.3, 0.4) is 0 Å². The number of carbonyl (C=O) groups is 3. The summed E-state index contributed by atoms with van der Waals surface area (Å²) in [6.07, 6.45) is -4.02. The second-order valence-electron chi connectivity index (χ2n) is 12.6. The van der Waals surface area contributed by atoms with Crippen molar-refractivity contribution in [1.82, 2.24) is 4.98 Å². The van der Waals surface area contributed by atoms with E-state index in [0.717, 1.165) is 38.8 Å². The number of carbonyl (C=O) groups excluding carboxylic acids is 3. The Morgan fingerprint density at radius 2 is 1.71 bits per heavy atom. The number of thiazole rings is 1. The van der Waals surface area contributed by atoms with E-state index in [1.54, 1.807) is 43.5 Å². The van der Waals surface area contributed by atoms with Gasteiger partial charge < -0.3 is 19.8 Å². The molecule has 2 aliphatic carbocycles. The Labute approximate surface area is 285 Å². The molecule has 6 unspecified atom stereocenters. The Morgan fingerprint density at radius 3 is 2.45 bits per heavy atom. The first kappa shape index (κ1) is 31.7. The van der Waals surface area contributed by atoms with Gasteiger partial charge in [-0.3, -0.25) is 24.1 Å². The molecular formula is C35H28F3N3O6S2. The summed E-state index contributed by atoms with van der Waals surface area (Å²) in [6.45, 7) is -0.287. The van der Waals surface area contributed by atoms with Crippen molar-refractivity contribution in [3.05, 3.63) is 98.5 Å². The first-order valence-electron chi connectivity index (χ1n) is 15.6. The van der Waals surface area contributed by atoms with Gasteiger partial charge in [0.25, 0.3) is 5.91 Å². The number of aromatic nitrogens is 1. The fraction of sp³-hybridized carbons (Fsp3) is 0.314. The number of thioether (sulfide) groups is 1. The van der Waals surface area contributed by atoms with Gasteiger partial charge in [-0.05, 0) is 72.7 Å². The predicted molar refractivity (Wildman–Crippen MR) is 176 cm³/mol. The largest absolute Gasteiger partial charge is 0.497 e. The zero-order valence-electron chi connectivity index (χ0n) is 25.7. The highest BCUT2D eigenvalue weighted by Gasteiger charge is 2.70. The molecule has 9 nitrogen and oxygen atoms in total. The highest BCUT2D eigenvalue weighted by Crippen LogP contribution is 2.69. The van der Waals surface area contributed by atoms with E-state index < -0.39 is 35.4 Å². The fourth-order valence-electron chi connectivity index (χ4n) is 8.32. The summed E-state index contributed by atoms with van der Waals surface area (Å²) in [5.74, 6) is -2.65. The number of alkyl halides is 3. The van der Waals surface area contributed by atoms with Gasteiger partial charge >= 0.3 is 11.0 Å². The van der Waals surface area contributed by atoms with Crippen LogP contribution in [-0.2, 0) is 20.6 Å². The van der Waals surface area contributed by atoms with Crippen molar-refractivity contribution in [3.63, 3.8) is 0 Å². The first-order valence-corrected chi connectivity index (χ1v) is 17.3. The summed E-state index contributed by atoms with van der Waals surface area (Å²) in [5, 5.41) is 3.36. The maximum atomic E-state index is 14.0. The summed E-state index contributed by atoms with van der Waals surface area (Å²) < 4.78 is 51.9. The number of rotatable bonds is 7. The van der Waals surface area contributed by atoms with Crippen molar-refractivity contribution in [2.24, 2.45) is 29.6 Å². The van der Waals surface area contributed by atoms with Gasteiger partial charge in [-0.25, -0.2) is 0 Å². The molecule has 2 aliphatic heterocycles. The molecule has 3 heterocycles. The lowest BCUT2D eigenvalue weighted by molar-refractivity contribution is -0.137. The van der Waals surface area contributed by atoms with E-state index in [9.17, 15) is 32.3 Å². The van der Waals surface area contributed by atoms with Crippen molar-refractivity contribution in [3.8, 4) is 11.5 Å².